The van der Waals surface area contributed by atoms with Crippen molar-refractivity contribution in [3.8, 4) is 0 Å². The van der Waals surface area contributed by atoms with Crippen LogP contribution < -0.4 is 0 Å². The standard InChI is InChI=1S/C3H7Si.Zr/c1-2-3-4;/h2-3H2,1H3;/q;+2. The van der Waals surface area contributed by atoms with E-state index in [2.05, 4.69) is 6.92 Å². The van der Waals surface area contributed by atoms with Crippen molar-refractivity contribution in [3.63, 3.8) is 0 Å². The fraction of sp³-hybridized carbons (Fsp3) is 1.00. The first kappa shape index (κ1) is 6.10. The third-order valence-electron chi connectivity index (χ3n) is 0.375. The van der Waals surface area contributed by atoms with Gasteiger partial charge in [0.15, 0.2) is 0 Å². The van der Waals surface area contributed by atoms with Crippen molar-refractivity contribution in [3.05, 3.63) is 0 Å². The monoisotopic (exact) mass is 161 g/mol. The molecule has 0 spiro atoms. The van der Waals surface area contributed by atoms with Gasteiger partial charge < -0.3 is 0 Å². The Kier molecular flexibility index (Phi) is 6.22. The minimum atomic E-state index is 1.25. The molecule has 0 saturated carbocycles. The first-order chi connectivity index (χ1) is 2.41. The Hall–Kier alpha value is 1.10. The molecule has 0 fully saturated rings. The summed E-state index contributed by atoms with van der Waals surface area (Å²) in [7, 11) is 0. The van der Waals surface area contributed by atoms with Crippen LogP contribution in [0.1, 0.15) is 13.3 Å². The first-order valence-corrected chi connectivity index (χ1v) is 6.70. The van der Waals surface area contributed by atoms with Crippen molar-refractivity contribution in [2.45, 2.75) is 19.4 Å². The van der Waals surface area contributed by atoms with Gasteiger partial charge in [-0.2, -0.15) is 0 Å². The molecule has 0 aromatic carbocycles. The molecule has 0 aliphatic heterocycles. The van der Waals surface area contributed by atoms with E-state index in [0.717, 1.165) is 0 Å². The van der Waals surface area contributed by atoms with Gasteiger partial charge in [-0.3, -0.25) is 0 Å². The van der Waals surface area contributed by atoms with Crippen LogP contribution in [0.2, 0.25) is 6.04 Å². The van der Waals surface area contributed by atoms with Crippen LogP contribution in [0.5, 0.6) is 0 Å². The molecule has 0 aliphatic carbocycles. The van der Waals surface area contributed by atoms with E-state index in [0.29, 0.717) is 0 Å². The van der Waals surface area contributed by atoms with Crippen molar-refractivity contribution >= 4 is 6.16 Å². The predicted molar refractivity (Wildman–Crippen MR) is 20.9 cm³/mol. The van der Waals surface area contributed by atoms with E-state index < -0.39 is 0 Å². The van der Waals surface area contributed by atoms with Crippen LogP contribution in [-0.2, 0) is 23.3 Å². The molecule has 0 N–H and O–H groups in total. The topological polar surface area (TPSA) is 0 Å². The molecule has 0 atom stereocenters. The molecule has 0 saturated heterocycles. The molecule has 2 heteroatoms. The molecule has 0 amide bonds. The van der Waals surface area contributed by atoms with Gasteiger partial charge in [-0.15, -0.1) is 0 Å². The fourth-order valence-corrected chi connectivity index (χ4v) is 2.22. The van der Waals surface area contributed by atoms with Crippen LogP contribution in [0, 0.1) is 0 Å². The zero-order valence-corrected chi connectivity index (χ0v) is 6.87. The van der Waals surface area contributed by atoms with E-state index in [1.54, 1.807) is 23.3 Å². The molecule has 0 aromatic heterocycles. The normalized spacial score (nSPS) is 7.80. The number of hydrogen-bond acceptors (Lipinski definition) is 0. The van der Waals surface area contributed by atoms with Crippen LogP contribution >= 0.6 is 0 Å². The molecule has 1 radical (unpaired) electrons. The van der Waals surface area contributed by atoms with E-state index in [4.69, 9.17) is 0 Å². The Morgan fingerprint density at radius 1 is 1.80 bits per heavy atom. The summed E-state index contributed by atoms with van der Waals surface area (Å²) in [5.74, 6) is 0. The minimum absolute atomic E-state index is 1.25. The molecule has 0 nitrogen and oxygen atoms in total. The second kappa shape index (κ2) is 5.10. The summed E-state index contributed by atoms with van der Waals surface area (Å²) in [6, 6.07) is 1.46. The summed E-state index contributed by atoms with van der Waals surface area (Å²) in [4.78, 5) is 0. The number of hydrogen-bond donors (Lipinski definition) is 0. The van der Waals surface area contributed by atoms with Crippen molar-refractivity contribution < 1.29 is 23.3 Å². The quantitative estimate of drug-likeness (QED) is 0.531. The van der Waals surface area contributed by atoms with E-state index in [1.807, 2.05) is 0 Å². The third-order valence-corrected chi connectivity index (χ3v) is 2.97. The van der Waals surface area contributed by atoms with Crippen molar-refractivity contribution in [1.82, 2.24) is 0 Å². The van der Waals surface area contributed by atoms with Gasteiger partial charge in [0, 0.05) is 0 Å². The molecule has 25 valence electrons. The van der Waals surface area contributed by atoms with Gasteiger partial charge in [0.1, 0.15) is 0 Å². The van der Waals surface area contributed by atoms with Gasteiger partial charge in [-0.1, -0.05) is 0 Å². The van der Waals surface area contributed by atoms with E-state index in [1.165, 1.54) is 18.6 Å². The maximum atomic E-state index is 2.23. The summed E-state index contributed by atoms with van der Waals surface area (Å²) in [6.07, 6.45) is 2.63. The van der Waals surface area contributed by atoms with Gasteiger partial charge in [-0.25, -0.2) is 0 Å². The van der Waals surface area contributed by atoms with Gasteiger partial charge in [-0.05, 0) is 0 Å². The molecular formula is C3H7SiZr+2. The fourth-order valence-electron chi connectivity index (χ4n) is 0.125. The van der Waals surface area contributed by atoms with Crippen molar-refractivity contribution in [1.29, 1.82) is 0 Å². The van der Waals surface area contributed by atoms with Gasteiger partial charge in [0.25, 0.3) is 0 Å². The Morgan fingerprint density at radius 3 is 2.40 bits per heavy atom. The van der Waals surface area contributed by atoms with Crippen molar-refractivity contribution in [2.24, 2.45) is 0 Å². The van der Waals surface area contributed by atoms with E-state index in [-0.39, 0.29) is 0 Å². The van der Waals surface area contributed by atoms with Crippen LogP contribution in [0.15, 0.2) is 0 Å². The molecular weight excluding hydrogens is 155 g/mol. The van der Waals surface area contributed by atoms with E-state index in [9.17, 15) is 0 Å². The molecule has 0 heterocycles. The average molecular weight is 162 g/mol. The SMILES string of the molecule is CCC[Si]=[Zr+2]. The molecule has 0 aliphatic rings. The second-order valence-corrected chi connectivity index (χ2v) is 4.39. The molecule has 0 rings (SSSR count). The molecule has 0 bridgehead atoms. The van der Waals surface area contributed by atoms with Gasteiger partial charge in [0.2, 0.25) is 0 Å². The van der Waals surface area contributed by atoms with Crippen LogP contribution in [-0.4, -0.2) is 6.16 Å². The second-order valence-electron chi connectivity index (χ2n) is 0.927. The third kappa shape index (κ3) is 5.10. The zero-order chi connectivity index (χ0) is 4.12. The van der Waals surface area contributed by atoms with Gasteiger partial charge >= 0.3 is 48.9 Å². The molecule has 0 aromatic rings. The Labute approximate surface area is 48.9 Å². The van der Waals surface area contributed by atoms with E-state index >= 15 is 0 Å². The summed E-state index contributed by atoms with van der Waals surface area (Å²) in [6.45, 7) is 2.23. The van der Waals surface area contributed by atoms with Crippen LogP contribution in [0.3, 0.4) is 0 Å². The van der Waals surface area contributed by atoms with Gasteiger partial charge in [0.05, 0.1) is 0 Å². The Morgan fingerprint density at radius 2 is 2.40 bits per heavy atom. The zero-order valence-electron chi connectivity index (χ0n) is 3.41. The predicted octanol–water partition coefficient (Wildman–Crippen LogP) is 0.981. The number of rotatable bonds is 2. The molecule has 0 unspecified atom stereocenters. The van der Waals surface area contributed by atoms with Crippen LogP contribution in [0.25, 0.3) is 0 Å². The maximum absolute atomic E-state index is 2.23. The van der Waals surface area contributed by atoms with Crippen LogP contribution in [0.4, 0.5) is 0 Å². The Bertz CT molecular complexity index is 28.1. The first-order valence-electron chi connectivity index (χ1n) is 1.81. The van der Waals surface area contributed by atoms with Crippen molar-refractivity contribution in [2.75, 3.05) is 0 Å². The summed E-state index contributed by atoms with van der Waals surface area (Å²) < 4.78 is 0. The molecule has 5 heavy (non-hydrogen) atoms. The summed E-state index contributed by atoms with van der Waals surface area (Å²) >= 11 is 1.71. The summed E-state index contributed by atoms with van der Waals surface area (Å²) in [5.41, 5.74) is 0. The summed E-state index contributed by atoms with van der Waals surface area (Å²) in [5, 5.41) is 0. The average Bonchev–Trinajstić information content (AvgIpc) is 1.41. The Balaban J connectivity index is 2.40.